The zero-order chi connectivity index (χ0) is 24.6. The molecule has 1 N–H and O–H groups in total. The van der Waals surface area contributed by atoms with E-state index in [0.29, 0.717) is 32.1 Å². The maximum Gasteiger partial charge on any atom is 0.407 e. The highest BCUT2D eigenvalue weighted by molar-refractivity contribution is 6.06. The minimum atomic E-state index is -1.01. The molecule has 8 nitrogen and oxygen atoms in total. The van der Waals surface area contributed by atoms with Crippen molar-refractivity contribution in [3.8, 4) is 22.9 Å². The molecular weight excluding hydrogens is 454 g/mol. The van der Waals surface area contributed by atoms with Gasteiger partial charge >= 0.3 is 6.09 Å². The van der Waals surface area contributed by atoms with Gasteiger partial charge in [-0.3, -0.25) is 0 Å². The summed E-state index contributed by atoms with van der Waals surface area (Å²) in [7, 11) is 0. The second kappa shape index (κ2) is 8.86. The first-order chi connectivity index (χ1) is 17.7. The number of anilines is 1. The van der Waals surface area contributed by atoms with E-state index < -0.39 is 12.1 Å². The van der Waals surface area contributed by atoms with E-state index in [2.05, 4.69) is 58.5 Å². The molecule has 0 bridgehead atoms. The Kier molecular flexibility index (Phi) is 5.38. The number of benzene rings is 3. The van der Waals surface area contributed by atoms with Crippen molar-refractivity contribution in [1.82, 2.24) is 14.9 Å². The molecule has 1 saturated heterocycles. The van der Waals surface area contributed by atoms with Gasteiger partial charge in [-0.15, -0.1) is 0 Å². The molecule has 4 aromatic rings. The van der Waals surface area contributed by atoms with E-state index >= 15 is 0 Å². The van der Waals surface area contributed by atoms with Gasteiger partial charge < -0.3 is 19.6 Å². The minimum absolute atomic E-state index is 0.119. The Balaban J connectivity index is 1.52. The first-order valence-electron chi connectivity index (χ1n) is 11.9. The molecule has 178 valence electrons. The van der Waals surface area contributed by atoms with Gasteiger partial charge in [0.25, 0.3) is 0 Å². The van der Waals surface area contributed by atoms with Crippen LogP contribution in [0.1, 0.15) is 12.0 Å². The van der Waals surface area contributed by atoms with Crippen LogP contribution in [0.5, 0.6) is 5.75 Å². The first-order valence-corrected chi connectivity index (χ1v) is 11.9. The number of nitrogens with zero attached hydrogens (tertiary/aromatic N) is 5. The SMILES string of the molecule is N#CCC1CN(c2ncnc3cc(-c4cccc5ccccc45)c4c(c23)OCC=C4)CCN1C(=O)O. The van der Waals surface area contributed by atoms with Crippen LogP contribution in [0.25, 0.3) is 38.9 Å². The molecule has 1 amide bonds. The lowest BCUT2D eigenvalue weighted by Crippen LogP contribution is -2.55. The Labute approximate surface area is 207 Å². The van der Waals surface area contributed by atoms with Crippen LogP contribution in [0.15, 0.2) is 60.9 Å². The predicted molar refractivity (Wildman–Crippen MR) is 138 cm³/mol. The first kappa shape index (κ1) is 21.9. The molecule has 3 heterocycles. The third kappa shape index (κ3) is 3.57. The van der Waals surface area contributed by atoms with Gasteiger partial charge in [-0.25, -0.2) is 14.8 Å². The average Bonchev–Trinajstić information content (AvgIpc) is 2.92. The van der Waals surface area contributed by atoms with Crippen molar-refractivity contribution in [3.63, 3.8) is 0 Å². The second-order valence-corrected chi connectivity index (χ2v) is 8.94. The molecule has 2 aliphatic heterocycles. The van der Waals surface area contributed by atoms with Gasteiger partial charge in [-0.05, 0) is 34.0 Å². The number of fused-ring (bicyclic) bond motifs is 4. The fourth-order valence-electron chi connectivity index (χ4n) is 5.30. The van der Waals surface area contributed by atoms with E-state index in [0.717, 1.165) is 44.1 Å². The number of carbonyl (C=O) groups is 1. The number of aromatic nitrogens is 2. The average molecular weight is 478 g/mol. The van der Waals surface area contributed by atoms with Gasteiger partial charge in [0.15, 0.2) is 0 Å². The minimum Gasteiger partial charge on any atom is -0.488 e. The monoisotopic (exact) mass is 477 g/mol. The number of piperazine rings is 1. The Morgan fingerprint density at radius 2 is 2.00 bits per heavy atom. The van der Waals surface area contributed by atoms with Crippen molar-refractivity contribution in [3.05, 3.63) is 66.5 Å². The van der Waals surface area contributed by atoms with Crippen molar-refractivity contribution < 1.29 is 14.6 Å². The van der Waals surface area contributed by atoms with Crippen LogP contribution < -0.4 is 9.64 Å². The number of hydrogen-bond donors (Lipinski definition) is 1. The molecule has 1 atom stereocenters. The van der Waals surface area contributed by atoms with E-state index in [1.807, 2.05) is 23.1 Å². The van der Waals surface area contributed by atoms with Crippen molar-refractivity contribution in [2.24, 2.45) is 0 Å². The van der Waals surface area contributed by atoms with E-state index in [1.54, 1.807) is 6.33 Å². The Hall–Kier alpha value is -4.64. The zero-order valence-electron chi connectivity index (χ0n) is 19.5. The normalized spacial score (nSPS) is 17.0. The van der Waals surface area contributed by atoms with Crippen molar-refractivity contribution in [1.29, 1.82) is 5.26 Å². The molecule has 1 aromatic heterocycles. The van der Waals surface area contributed by atoms with Crippen LogP contribution in [0, 0.1) is 11.3 Å². The summed E-state index contributed by atoms with van der Waals surface area (Å²) in [6.45, 7) is 1.58. The molecule has 0 radical (unpaired) electrons. The topological polar surface area (TPSA) is 103 Å². The van der Waals surface area contributed by atoms with Crippen molar-refractivity contribution in [2.45, 2.75) is 12.5 Å². The molecule has 1 fully saturated rings. The number of amides is 1. The van der Waals surface area contributed by atoms with E-state index in [-0.39, 0.29) is 6.42 Å². The number of ether oxygens (including phenoxy) is 1. The van der Waals surface area contributed by atoms with Crippen LogP contribution in [0.3, 0.4) is 0 Å². The van der Waals surface area contributed by atoms with E-state index in [1.165, 1.54) is 4.90 Å². The quantitative estimate of drug-likeness (QED) is 0.446. The summed E-state index contributed by atoms with van der Waals surface area (Å²) in [5, 5.41) is 22.0. The second-order valence-electron chi connectivity index (χ2n) is 8.94. The highest BCUT2D eigenvalue weighted by atomic mass is 16.5. The molecular formula is C28H23N5O3. The predicted octanol–water partition coefficient (Wildman–Crippen LogP) is 4.94. The van der Waals surface area contributed by atoms with Crippen LogP contribution in [0.4, 0.5) is 10.6 Å². The fourth-order valence-corrected chi connectivity index (χ4v) is 5.30. The van der Waals surface area contributed by atoms with E-state index in [9.17, 15) is 15.2 Å². The summed E-state index contributed by atoms with van der Waals surface area (Å²) in [5.41, 5.74) is 3.87. The summed E-state index contributed by atoms with van der Waals surface area (Å²) in [6.07, 6.45) is 4.74. The summed E-state index contributed by atoms with van der Waals surface area (Å²) in [5.74, 6) is 1.43. The van der Waals surface area contributed by atoms with Crippen molar-refractivity contribution >= 4 is 39.7 Å². The standard InChI is InChI=1S/C28H23N5O3/c29-11-10-19-16-32(12-13-33(19)28(34)35)27-25-24(30-17-31-27)15-23(22-9-4-14-36-26(22)25)21-8-3-6-18-5-1-2-7-20(18)21/h1-9,15,17,19H,10,12-14,16H2,(H,34,35). The summed E-state index contributed by atoms with van der Waals surface area (Å²) in [6, 6.07) is 18.4. The van der Waals surface area contributed by atoms with Gasteiger partial charge in [-0.2, -0.15) is 5.26 Å². The van der Waals surface area contributed by atoms with Gasteiger partial charge in [0.05, 0.1) is 29.4 Å². The number of hydrogen-bond acceptors (Lipinski definition) is 6. The maximum absolute atomic E-state index is 11.7. The Bertz CT molecular complexity index is 1570. The smallest absolute Gasteiger partial charge is 0.407 e. The van der Waals surface area contributed by atoms with Crippen LogP contribution >= 0.6 is 0 Å². The van der Waals surface area contributed by atoms with Crippen LogP contribution in [-0.2, 0) is 0 Å². The van der Waals surface area contributed by atoms with Crippen LogP contribution in [0.2, 0.25) is 0 Å². The van der Waals surface area contributed by atoms with E-state index in [4.69, 9.17) is 4.74 Å². The number of rotatable bonds is 3. The summed E-state index contributed by atoms with van der Waals surface area (Å²) >= 11 is 0. The Morgan fingerprint density at radius 3 is 2.86 bits per heavy atom. The number of nitriles is 1. The van der Waals surface area contributed by atoms with Gasteiger partial charge in [-0.1, -0.05) is 48.5 Å². The summed E-state index contributed by atoms with van der Waals surface area (Å²) in [4.78, 5) is 24.3. The highest BCUT2D eigenvalue weighted by Crippen LogP contribution is 2.44. The molecule has 0 saturated carbocycles. The third-order valence-electron chi connectivity index (χ3n) is 6.94. The molecule has 0 spiro atoms. The largest absolute Gasteiger partial charge is 0.488 e. The molecule has 8 heteroatoms. The molecule has 36 heavy (non-hydrogen) atoms. The molecule has 3 aromatic carbocycles. The van der Waals surface area contributed by atoms with Crippen molar-refractivity contribution in [2.75, 3.05) is 31.1 Å². The molecule has 0 aliphatic carbocycles. The molecule has 2 aliphatic rings. The molecule has 1 unspecified atom stereocenters. The lowest BCUT2D eigenvalue weighted by atomic mass is 9.91. The van der Waals surface area contributed by atoms with Gasteiger partial charge in [0.2, 0.25) is 0 Å². The van der Waals surface area contributed by atoms with Gasteiger partial charge in [0, 0.05) is 25.2 Å². The lowest BCUT2D eigenvalue weighted by Gasteiger charge is -2.40. The lowest BCUT2D eigenvalue weighted by molar-refractivity contribution is 0.119. The molecule has 6 rings (SSSR count). The highest BCUT2D eigenvalue weighted by Gasteiger charge is 2.32. The maximum atomic E-state index is 11.7. The zero-order valence-corrected chi connectivity index (χ0v) is 19.5. The fraction of sp³-hybridized carbons (Fsp3) is 0.214. The van der Waals surface area contributed by atoms with Gasteiger partial charge in [0.1, 0.15) is 24.5 Å². The number of carboxylic acid groups (broad SMARTS) is 1. The Morgan fingerprint density at radius 1 is 1.14 bits per heavy atom. The summed E-state index contributed by atoms with van der Waals surface area (Å²) < 4.78 is 6.23. The van der Waals surface area contributed by atoms with Crippen LogP contribution in [-0.4, -0.2) is 58.4 Å². The third-order valence-corrected chi connectivity index (χ3v) is 6.94.